The molecule has 0 aliphatic carbocycles. The van der Waals surface area contributed by atoms with Gasteiger partial charge in [0.2, 0.25) is 0 Å². The summed E-state index contributed by atoms with van der Waals surface area (Å²) in [4.78, 5) is 20.1. The van der Waals surface area contributed by atoms with Gasteiger partial charge in [-0.25, -0.2) is 4.98 Å². The van der Waals surface area contributed by atoms with E-state index in [0.29, 0.717) is 30.7 Å². The van der Waals surface area contributed by atoms with Crippen LogP contribution in [0.2, 0.25) is 0 Å². The van der Waals surface area contributed by atoms with Crippen LogP contribution < -0.4 is 10.3 Å². The number of aryl methyl sites for hydroxylation is 2. The highest BCUT2D eigenvalue weighted by molar-refractivity contribution is 7.98. The van der Waals surface area contributed by atoms with E-state index in [1.54, 1.807) is 23.0 Å². The van der Waals surface area contributed by atoms with Crippen molar-refractivity contribution in [2.75, 3.05) is 20.3 Å². The summed E-state index contributed by atoms with van der Waals surface area (Å²) < 4.78 is 18.0. The van der Waals surface area contributed by atoms with Gasteiger partial charge in [0, 0.05) is 36.3 Å². The average Bonchev–Trinajstić information content (AvgIpc) is 3.41. The Hall–Kier alpha value is -2.62. The summed E-state index contributed by atoms with van der Waals surface area (Å²) in [6.07, 6.45) is 0.751. The monoisotopic (exact) mass is 485 g/mol. The van der Waals surface area contributed by atoms with E-state index in [0.717, 1.165) is 49.8 Å². The first-order valence-electron chi connectivity index (χ1n) is 10.8. The van der Waals surface area contributed by atoms with Crippen molar-refractivity contribution in [2.24, 2.45) is 0 Å². The fourth-order valence-electron chi connectivity index (χ4n) is 3.50. The lowest BCUT2D eigenvalue weighted by Crippen LogP contribution is -2.24. The first-order valence-corrected chi connectivity index (χ1v) is 12.6. The third-order valence-electron chi connectivity index (χ3n) is 5.42. The molecule has 3 aromatic heterocycles. The molecular formula is C24H27N3O4S2. The number of ether oxygens (including phenoxy) is 2. The van der Waals surface area contributed by atoms with Crippen molar-refractivity contribution in [1.29, 1.82) is 0 Å². The van der Waals surface area contributed by atoms with Crippen molar-refractivity contribution in [3.8, 4) is 17.0 Å². The number of nitrogens with zero attached hydrogens (tertiary/aromatic N) is 3. The van der Waals surface area contributed by atoms with Crippen molar-refractivity contribution >= 4 is 33.3 Å². The molecule has 7 nitrogen and oxygen atoms in total. The smallest absolute Gasteiger partial charge is 0.263 e. The van der Waals surface area contributed by atoms with Crippen molar-refractivity contribution in [3.63, 3.8) is 0 Å². The minimum Gasteiger partial charge on any atom is -0.497 e. The van der Waals surface area contributed by atoms with Crippen LogP contribution in [0.15, 0.2) is 44.8 Å². The van der Waals surface area contributed by atoms with Crippen molar-refractivity contribution in [3.05, 3.63) is 56.9 Å². The van der Waals surface area contributed by atoms with Crippen LogP contribution >= 0.6 is 23.1 Å². The minimum atomic E-state index is 0.0114. The number of aromatic nitrogens is 3. The maximum absolute atomic E-state index is 13.3. The minimum absolute atomic E-state index is 0.0114. The van der Waals surface area contributed by atoms with E-state index in [-0.39, 0.29) is 5.56 Å². The molecule has 0 unspecified atom stereocenters. The topological polar surface area (TPSA) is 79.4 Å². The summed E-state index contributed by atoms with van der Waals surface area (Å²) in [5, 5.41) is 5.61. The number of benzene rings is 1. The number of rotatable bonds is 10. The fourth-order valence-corrected chi connectivity index (χ4v) is 5.47. The van der Waals surface area contributed by atoms with Crippen LogP contribution in [0.4, 0.5) is 0 Å². The number of hydrogen-bond donors (Lipinski definition) is 0. The molecule has 33 heavy (non-hydrogen) atoms. The van der Waals surface area contributed by atoms with E-state index < -0.39 is 0 Å². The van der Waals surface area contributed by atoms with Crippen LogP contribution in [0.3, 0.4) is 0 Å². The largest absolute Gasteiger partial charge is 0.497 e. The average molecular weight is 486 g/mol. The van der Waals surface area contributed by atoms with Gasteiger partial charge in [-0.05, 0) is 57.0 Å². The van der Waals surface area contributed by atoms with E-state index in [1.807, 2.05) is 51.1 Å². The molecule has 9 heteroatoms. The molecule has 174 valence electrons. The van der Waals surface area contributed by atoms with Crippen LogP contribution in [0.1, 0.15) is 29.5 Å². The van der Waals surface area contributed by atoms with Gasteiger partial charge in [0.25, 0.3) is 5.56 Å². The fraction of sp³-hybridized carbons (Fsp3) is 0.375. The molecule has 0 fully saturated rings. The summed E-state index contributed by atoms with van der Waals surface area (Å²) in [6.45, 7) is 7.83. The highest BCUT2D eigenvalue weighted by Gasteiger charge is 2.17. The van der Waals surface area contributed by atoms with Crippen LogP contribution in [0, 0.1) is 13.8 Å². The summed E-state index contributed by atoms with van der Waals surface area (Å²) >= 11 is 3.05. The summed E-state index contributed by atoms with van der Waals surface area (Å²) in [5.41, 5.74) is 2.74. The van der Waals surface area contributed by atoms with Crippen LogP contribution in [0.5, 0.6) is 5.75 Å². The molecule has 0 amide bonds. The molecule has 0 radical (unpaired) electrons. The normalized spacial score (nSPS) is 11.4. The molecule has 0 aliphatic heterocycles. The van der Waals surface area contributed by atoms with Gasteiger partial charge < -0.3 is 14.0 Å². The van der Waals surface area contributed by atoms with Crippen LogP contribution in [-0.2, 0) is 17.0 Å². The molecule has 0 saturated heterocycles. The summed E-state index contributed by atoms with van der Waals surface area (Å²) in [7, 11) is 1.64. The molecule has 0 bridgehead atoms. The first-order chi connectivity index (χ1) is 16.0. The third-order valence-corrected chi connectivity index (χ3v) is 7.52. The molecule has 0 spiro atoms. The Morgan fingerprint density at radius 1 is 1.21 bits per heavy atom. The summed E-state index contributed by atoms with van der Waals surface area (Å²) in [5.74, 6) is 2.04. The van der Waals surface area contributed by atoms with Gasteiger partial charge >= 0.3 is 0 Å². The SMILES string of the molecule is CCOCCCn1c(SCc2cc(-c3ccc(OC)cc3)no2)nc2sc(C)c(C)c2c1=O. The van der Waals surface area contributed by atoms with E-state index in [2.05, 4.69) is 5.16 Å². The van der Waals surface area contributed by atoms with Gasteiger partial charge in [-0.3, -0.25) is 9.36 Å². The molecular weight excluding hydrogens is 458 g/mol. The lowest BCUT2D eigenvalue weighted by Gasteiger charge is -2.11. The molecule has 0 N–H and O–H groups in total. The molecule has 0 aliphatic rings. The van der Waals surface area contributed by atoms with Crippen molar-refractivity contribution < 1.29 is 14.0 Å². The van der Waals surface area contributed by atoms with Gasteiger partial charge in [-0.15, -0.1) is 11.3 Å². The Morgan fingerprint density at radius 2 is 2.00 bits per heavy atom. The van der Waals surface area contributed by atoms with Gasteiger partial charge in [0.1, 0.15) is 22.0 Å². The zero-order valence-corrected chi connectivity index (χ0v) is 20.8. The van der Waals surface area contributed by atoms with E-state index >= 15 is 0 Å². The number of methoxy groups -OCH3 is 1. The second-order valence-electron chi connectivity index (χ2n) is 7.56. The zero-order chi connectivity index (χ0) is 23.4. The van der Waals surface area contributed by atoms with E-state index in [9.17, 15) is 4.79 Å². The van der Waals surface area contributed by atoms with Gasteiger partial charge in [-0.1, -0.05) is 16.9 Å². The molecule has 0 atom stereocenters. The Bertz CT molecular complexity index is 1290. The standard InChI is InChI=1S/C24H27N3O4S2/c1-5-30-12-6-11-27-23(28)21-15(2)16(3)33-22(21)25-24(27)32-14-19-13-20(26-31-19)17-7-9-18(29-4)10-8-17/h7-10,13H,5-6,11-12,14H2,1-4H3. The Labute approximate surface area is 200 Å². The number of hydrogen-bond acceptors (Lipinski definition) is 8. The maximum Gasteiger partial charge on any atom is 0.263 e. The van der Waals surface area contributed by atoms with Gasteiger partial charge in [-0.2, -0.15) is 0 Å². The van der Waals surface area contributed by atoms with Crippen molar-refractivity contribution in [1.82, 2.24) is 14.7 Å². The lowest BCUT2D eigenvalue weighted by atomic mass is 10.1. The summed E-state index contributed by atoms with van der Waals surface area (Å²) in [6, 6.07) is 9.60. The van der Waals surface area contributed by atoms with Crippen molar-refractivity contribution in [2.45, 2.75) is 44.6 Å². The van der Waals surface area contributed by atoms with Gasteiger partial charge in [0.15, 0.2) is 5.16 Å². The highest BCUT2D eigenvalue weighted by atomic mass is 32.2. The third kappa shape index (κ3) is 5.15. The Kier molecular flexibility index (Phi) is 7.52. The predicted molar refractivity (Wildman–Crippen MR) is 133 cm³/mol. The van der Waals surface area contributed by atoms with E-state index in [4.69, 9.17) is 19.0 Å². The second kappa shape index (κ2) is 10.5. The number of thiophene rings is 1. The second-order valence-corrected chi connectivity index (χ2v) is 9.71. The maximum atomic E-state index is 13.3. The molecule has 1 aromatic carbocycles. The Balaban J connectivity index is 1.57. The molecule has 4 aromatic rings. The number of thioether (sulfide) groups is 1. The molecule has 4 rings (SSSR count). The van der Waals surface area contributed by atoms with Crippen LogP contribution in [-0.4, -0.2) is 35.0 Å². The van der Waals surface area contributed by atoms with Crippen LogP contribution in [0.25, 0.3) is 21.5 Å². The predicted octanol–water partition coefficient (Wildman–Crippen LogP) is 5.46. The quantitative estimate of drug-likeness (QED) is 0.168. The Morgan fingerprint density at radius 3 is 2.73 bits per heavy atom. The molecule has 0 saturated carbocycles. The lowest BCUT2D eigenvalue weighted by molar-refractivity contribution is 0.140. The number of fused-ring (bicyclic) bond motifs is 1. The van der Waals surface area contributed by atoms with Gasteiger partial charge in [0.05, 0.1) is 18.2 Å². The zero-order valence-electron chi connectivity index (χ0n) is 19.2. The highest BCUT2D eigenvalue weighted by Crippen LogP contribution is 2.30. The molecule has 3 heterocycles. The first kappa shape index (κ1) is 23.5. The van der Waals surface area contributed by atoms with E-state index in [1.165, 1.54) is 11.8 Å².